The summed E-state index contributed by atoms with van der Waals surface area (Å²) in [5, 5.41) is 3.61. The van der Waals surface area contributed by atoms with Gasteiger partial charge in [0.15, 0.2) is 0 Å². The maximum absolute atomic E-state index is 6.24. The lowest BCUT2D eigenvalue weighted by Gasteiger charge is -2.19. The molecule has 1 unspecified atom stereocenters. The van der Waals surface area contributed by atoms with Gasteiger partial charge in [0, 0.05) is 4.88 Å². The summed E-state index contributed by atoms with van der Waals surface area (Å²) in [6.07, 6.45) is 1.09. The van der Waals surface area contributed by atoms with Crippen molar-refractivity contribution in [1.82, 2.24) is 5.32 Å². The normalized spacial score (nSPS) is 12.4. The van der Waals surface area contributed by atoms with E-state index in [9.17, 15) is 0 Å². The van der Waals surface area contributed by atoms with E-state index in [1.807, 2.05) is 0 Å². The van der Waals surface area contributed by atoms with Gasteiger partial charge in [-0.1, -0.05) is 30.7 Å². The SMILES string of the molecule is CCCNC(c1ccc(C)c(OC)c1)c1cc(C)c(Cl)s1. The van der Waals surface area contributed by atoms with Crippen LogP contribution in [0.25, 0.3) is 0 Å². The molecule has 1 atom stereocenters. The highest BCUT2D eigenvalue weighted by molar-refractivity contribution is 7.16. The molecule has 2 rings (SSSR count). The highest BCUT2D eigenvalue weighted by Crippen LogP contribution is 2.35. The first-order valence-corrected chi connectivity index (χ1v) is 8.40. The molecule has 2 aromatic rings. The van der Waals surface area contributed by atoms with E-state index in [1.54, 1.807) is 18.4 Å². The van der Waals surface area contributed by atoms with Crippen LogP contribution in [-0.2, 0) is 0 Å². The lowest BCUT2D eigenvalue weighted by molar-refractivity contribution is 0.410. The van der Waals surface area contributed by atoms with Crippen LogP contribution in [0, 0.1) is 13.8 Å². The van der Waals surface area contributed by atoms with Crippen molar-refractivity contribution in [3.8, 4) is 5.75 Å². The number of thiophene rings is 1. The fourth-order valence-electron chi connectivity index (χ4n) is 2.31. The third-order valence-electron chi connectivity index (χ3n) is 3.52. The molecule has 0 radical (unpaired) electrons. The van der Waals surface area contributed by atoms with Crippen molar-refractivity contribution in [2.75, 3.05) is 13.7 Å². The van der Waals surface area contributed by atoms with E-state index >= 15 is 0 Å². The van der Waals surface area contributed by atoms with Gasteiger partial charge in [0.2, 0.25) is 0 Å². The van der Waals surface area contributed by atoms with Gasteiger partial charge in [-0.2, -0.15) is 0 Å². The molecule has 1 aromatic carbocycles. The number of ether oxygens (including phenoxy) is 1. The van der Waals surface area contributed by atoms with Crippen LogP contribution in [0.1, 0.15) is 41.0 Å². The average Bonchev–Trinajstić information content (AvgIpc) is 2.80. The Labute approximate surface area is 136 Å². The van der Waals surface area contributed by atoms with E-state index in [2.05, 4.69) is 50.4 Å². The van der Waals surface area contributed by atoms with E-state index in [1.165, 1.54) is 10.4 Å². The second-order valence-corrected chi connectivity index (χ2v) is 6.91. The molecule has 1 N–H and O–H groups in total. The molecule has 0 saturated carbocycles. The smallest absolute Gasteiger partial charge is 0.122 e. The Kier molecular flexibility index (Phi) is 5.68. The Morgan fingerprint density at radius 3 is 2.57 bits per heavy atom. The van der Waals surface area contributed by atoms with E-state index in [-0.39, 0.29) is 6.04 Å². The first-order valence-electron chi connectivity index (χ1n) is 7.20. The maximum Gasteiger partial charge on any atom is 0.122 e. The monoisotopic (exact) mass is 323 g/mol. The fraction of sp³-hybridized carbons (Fsp3) is 0.412. The molecule has 21 heavy (non-hydrogen) atoms. The second kappa shape index (κ2) is 7.30. The number of nitrogens with one attached hydrogen (secondary N) is 1. The molecule has 4 heteroatoms. The van der Waals surface area contributed by atoms with Crippen molar-refractivity contribution in [1.29, 1.82) is 0 Å². The molecule has 0 aliphatic rings. The van der Waals surface area contributed by atoms with Crippen LogP contribution in [0.3, 0.4) is 0 Å². The van der Waals surface area contributed by atoms with Gasteiger partial charge in [-0.3, -0.25) is 0 Å². The Bertz CT molecular complexity index is 589. The van der Waals surface area contributed by atoms with Crippen molar-refractivity contribution in [2.24, 2.45) is 0 Å². The summed E-state index contributed by atoms with van der Waals surface area (Å²) in [4.78, 5) is 1.25. The molecule has 0 aliphatic carbocycles. The first-order chi connectivity index (χ1) is 10.1. The van der Waals surface area contributed by atoms with Crippen LogP contribution < -0.4 is 10.1 Å². The predicted octanol–water partition coefficient (Wildman–Crippen LogP) is 5.12. The van der Waals surface area contributed by atoms with Crippen molar-refractivity contribution in [2.45, 2.75) is 33.2 Å². The summed E-state index contributed by atoms with van der Waals surface area (Å²) in [6.45, 7) is 7.25. The first kappa shape index (κ1) is 16.3. The zero-order valence-corrected chi connectivity index (χ0v) is 14.6. The number of rotatable bonds is 6. The van der Waals surface area contributed by atoms with E-state index in [0.717, 1.165) is 34.2 Å². The quantitative estimate of drug-likeness (QED) is 0.797. The zero-order valence-electron chi connectivity index (χ0n) is 13.0. The fourth-order valence-corrected chi connectivity index (χ4v) is 3.63. The standard InChI is InChI=1S/C17H22ClNOS/c1-5-8-19-16(15-9-12(3)17(18)21-15)13-7-6-11(2)14(10-13)20-4/h6-7,9-10,16,19H,5,8H2,1-4H3. The van der Waals surface area contributed by atoms with Crippen LogP contribution in [0.15, 0.2) is 24.3 Å². The van der Waals surface area contributed by atoms with Gasteiger partial charge in [-0.25, -0.2) is 0 Å². The lowest BCUT2D eigenvalue weighted by Crippen LogP contribution is -2.22. The Morgan fingerprint density at radius 1 is 1.24 bits per heavy atom. The predicted molar refractivity (Wildman–Crippen MR) is 91.9 cm³/mol. The minimum atomic E-state index is 0.163. The number of hydrogen-bond acceptors (Lipinski definition) is 3. The van der Waals surface area contributed by atoms with Gasteiger partial charge in [-0.05, 0) is 55.6 Å². The molecule has 2 nitrogen and oxygen atoms in total. The van der Waals surface area contributed by atoms with Crippen molar-refractivity contribution < 1.29 is 4.74 Å². The second-order valence-electron chi connectivity index (χ2n) is 5.22. The largest absolute Gasteiger partial charge is 0.496 e. The van der Waals surface area contributed by atoms with Crippen LogP contribution in [0.4, 0.5) is 0 Å². The van der Waals surface area contributed by atoms with Crippen molar-refractivity contribution in [3.63, 3.8) is 0 Å². The molecule has 0 amide bonds. The van der Waals surface area contributed by atoms with Gasteiger partial charge in [0.05, 0.1) is 17.5 Å². The molecule has 0 bridgehead atoms. The summed E-state index contributed by atoms with van der Waals surface area (Å²) in [5.41, 5.74) is 3.50. The minimum absolute atomic E-state index is 0.163. The third kappa shape index (κ3) is 3.79. The van der Waals surface area contributed by atoms with Gasteiger partial charge >= 0.3 is 0 Å². The lowest BCUT2D eigenvalue weighted by atomic mass is 10.0. The maximum atomic E-state index is 6.24. The van der Waals surface area contributed by atoms with Crippen molar-refractivity contribution >= 4 is 22.9 Å². The zero-order chi connectivity index (χ0) is 15.4. The summed E-state index contributed by atoms with van der Waals surface area (Å²) in [7, 11) is 1.72. The number of halogens is 1. The highest BCUT2D eigenvalue weighted by atomic mass is 35.5. The number of methoxy groups -OCH3 is 1. The minimum Gasteiger partial charge on any atom is -0.496 e. The van der Waals surface area contributed by atoms with Crippen LogP contribution in [0.2, 0.25) is 4.34 Å². The molecular weight excluding hydrogens is 302 g/mol. The third-order valence-corrected chi connectivity index (χ3v) is 5.14. The Balaban J connectivity index is 2.39. The summed E-state index contributed by atoms with van der Waals surface area (Å²) in [6, 6.07) is 8.72. The summed E-state index contributed by atoms with van der Waals surface area (Å²) >= 11 is 7.89. The van der Waals surface area contributed by atoms with Gasteiger partial charge in [0.1, 0.15) is 5.75 Å². The molecular formula is C17H22ClNOS. The summed E-state index contributed by atoms with van der Waals surface area (Å²) < 4.78 is 6.32. The molecule has 0 saturated heterocycles. The van der Waals surface area contributed by atoms with Crippen molar-refractivity contribution in [3.05, 3.63) is 50.2 Å². The van der Waals surface area contributed by atoms with Gasteiger partial charge < -0.3 is 10.1 Å². The Morgan fingerprint density at radius 2 is 2.00 bits per heavy atom. The molecule has 1 heterocycles. The summed E-state index contributed by atoms with van der Waals surface area (Å²) in [5.74, 6) is 0.926. The molecule has 0 spiro atoms. The number of aryl methyl sites for hydroxylation is 2. The Hall–Kier alpha value is -1.03. The molecule has 0 fully saturated rings. The van der Waals surface area contributed by atoms with E-state index in [0.29, 0.717) is 0 Å². The molecule has 1 aromatic heterocycles. The van der Waals surface area contributed by atoms with Gasteiger partial charge in [0.25, 0.3) is 0 Å². The van der Waals surface area contributed by atoms with Crippen LogP contribution >= 0.6 is 22.9 Å². The van der Waals surface area contributed by atoms with E-state index < -0.39 is 0 Å². The van der Waals surface area contributed by atoms with E-state index in [4.69, 9.17) is 16.3 Å². The average molecular weight is 324 g/mol. The van der Waals surface area contributed by atoms with Crippen LogP contribution in [0.5, 0.6) is 5.75 Å². The van der Waals surface area contributed by atoms with Gasteiger partial charge in [-0.15, -0.1) is 11.3 Å². The molecule has 0 aliphatic heterocycles. The van der Waals surface area contributed by atoms with Crippen LogP contribution in [-0.4, -0.2) is 13.7 Å². The molecule has 114 valence electrons. The number of benzene rings is 1. The highest BCUT2D eigenvalue weighted by Gasteiger charge is 2.18. The number of hydrogen-bond donors (Lipinski definition) is 1. The topological polar surface area (TPSA) is 21.3 Å².